The van der Waals surface area contributed by atoms with Gasteiger partial charge in [0.05, 0.1) is 31.2 Å². The predicted molar refractivity (Wildman–Crippen MR) is 130 cm³/mol. The molecule has 0 unspecified atom stereocenters. The van der Waals surface area contributed by atoms with Gasteiger partial charge in [-0.15, -0.1) is 11.3 Å². The second-order valence-electron chi connectivity index (χ2n) is 7.74. The zero-order valence-electron chi connectivity index (χ0n) is 17.8. The van der Waals surface area contributed by atoms with Gasteiger partial charge in [-0.05, 0) is 29.6 Å². The van der Waals surface area contributed by atoms with Crippen molar-refractivity contribution in [3.05, 3.63) is 93.2 Å². The van der Waals surface area contributed by atoms with E-state index >= 15 is 0 Å². The number of ether oxygens (including phenoxy) is 1. The molecule has 0 amide bonds. The maximum absolute atomic E-state index is 13.6. The van der Waals surface area contributed by atoms with Crippen LogP contribution in [0, 0.1) is 0 Å². The molecule has 0 spiro atoms. The molecule has 0 aliphatic rings. The van der Waals surface area contributed by atoms with Crippen molar-refractivity contribution >= 4 is 44.6 Å². The molecule has 6 aromatic rings. The standard InChI is InChI=1S/C25H19N5O2S/c1-32-20-11-5-2-7-16(20)13-30-23-21(22-24(30)28-19-10-4-3-9-18(19)27-22)25(31)29(15-26-23)14-17-8-6-12-33-17/h2-12,15H,13-14H2,1H3. The largest absolute Gasteiger partial charge is 0.496 e. The van der Waals surface area contributed by atoms with E-state index in [0.717, 1.165) is 27.2 Å². The van der Waals surface area contributed by atoms with E-state index in [9.17, 15) is 4.79 Å². The lowest BCUT2D eigenvalue weighted by Crippen LogP contribution is -2.21. The van der Waals surface area contributed by atoms with Gasteiger partial charge in [0.25, 0.3) is 5.56 Å². The number of hydrogen-bond acceptors (Lipinski definition) is 6. The molecule has 162 valence electrons. The van der Waals surface area contributed by atoms with Crippen LogP contribution in [-0.4, -0.2) is 31.2 Å². The summed E-state index contributed by atoms with van der Waals surface area (Å²) in [5, 5.41) is 2.49. The fourth-order valence-corrected chi connectivity index (χ4v) is 4.88. The molecule has 0 fully saturated rings. The molecule has 6 rings (SSSR count). The molecule has 0 N–H and O–H groups in total. The molecule has 0 aliphatic heterocycles. The Bertz CT molecular complexity index is 1680. The third kappa shape index (κ3) is 3.27. The third-order valence-electron chi connectivity index (χ3n) is 5.75. The first-order chi connectivity index (χ1) is 16.2. The maximum atomic E-state index is 13.6. The highest BCUT2D eigenvalue weighted by molar-refractivity contribution is 7.09. The molecule has 2 aromatic carbocycles. The van der Waals surface area contributed by atoms with E-state index in [-0.39, 0.29) is 5.56 Å². The van der Waals surface area contributed by atoms with E-state index in [0.29, 0.717) is 35.3 Å². The fraction of sp³-hybridized carbons (Fsp3) is 0.120. The summed E-state index contributed by atoms with van der Waals surface area (Å²) in [7, 11) is 1.65. The quantitative estimate of drug-likeness (QED) is 0.385. The number of aromatic nitrogens is 5. The van der Waals surface area contributed by atoms with Crippen LogP contribution < -0.4 is 10.3 Å². The van der Waals surface area contributed by atoms with Crippen molar-refractivity contribution in [2.45, 2.75) is 13.1 Å². The van der Waals surface area contributed by atoms with E-state index in [4.69, 9.17) is 19.7 Å². The number of thiophene rings is 1. The molecule has 4 heterocycles. The number of fused-ring (bicyclic) bond motifs is 4. The summed E-state index contributed by atoms with van der Waals surface area (Å²) in [6.45, 7) is 0.929. The number of nitrogens with zero attached hydrogens (tertiary/aromatic N) is 5. The Kier molecular flexibility index (Phi) is 4.66. The van der Waals surface area contributed by atoms with E-state index in [1.165, 1.54) is 0 Å². The zero-order valence-corrected chi connectivity index (χ0v) is 18.6. The summed E-state index contributed by atoms with van der Waals surface area (Å²) in [5.41, 5.74) is 4.13. The van der Waals surface area contributed by atoms with Gasteiger partial charge in [-0.3, -0.25) is 9.36 Å². The van der Waals surface area contributed by atoms with Crippen molar-refractivity contribution in [1.82, 2.24) is 24.1 Å². The molecule has 0 aliphatic carbocycles. The van der Waals surface area contributed by atoms with Gasteiger partial charge in [0.15, 0.2) is 11.3 Å². The average molecular weight is 454 g/mol. The summed E-state index contributed by atoms with van der Waals surface area (Å²) in [4.78, 5) is 29.1. The minimum absolute atomic E-state index is 0.123. The molecular formula is C25H19N5O2S. The van der Waals surface area contributed by atoms with Gasteiger partial charge in [0, 0.05) is 10.4 Å². The molecule has 0 bridgehead atoms. The van der Waals surface area contributed by atoms with Crippen molar-refractivity contribution < 1.29 is 4.74 Å². The first kappa shape index (κ1) is 19.6. The predicted octanol–water partition coefficient (Wildman–Crippen LogP) is 4.46. The normalized spacial score (nSPS) is 11.5. The van der Waals surface area contributed by atoms with Crippen molar-refractivity contribution in [3.63, 3.8) is 0 Å². The summed E-state index contributed by atoms with van der Waals surface area (Å²) in [5.74, 6) is 0.771. The number of rotatable bonds is 5. The highest BCUT2D eigenvalue weighted by Crippen LogP contribution is 2.28. The minimum atomic E-state index is -0.123. The number of benzene rings is 2. The first-order valence-corrected chi connectivity index (χ1v) is 11.4. The van der Waals surface area contributed by atoms with E-state index in [2.05, 4.69) is 0 Å². The van der Waals surface area contributed by atoms with Crippen LogP contribution in [0.15, 0.2) is 77.2 Å². The Labute approximate surface area is 192 Å². The van der Waals surface area contributed by atoms with Crippen molar-refractivity contribution in [3.8, 4) is 5.75 Å². The molecule has 0 saturated carbocycles. The van der Waals surface area contributed by atoms with Crippen LogP contribution in [0.5, 0.6) is 5.75 Å². The van der Waals surface area contributed by atoms with Gasteiger partial charge >= 0.3 is 0 Å². The monoisotopic (exact) mass is 453 g/mol. The molecule has 33 heavy (non-hydrogen) atoms. The zero-order chi connectivity index (χ0) is 22.4. The van der Waals surface area contributed by atoms with Crippen LogP contribution >= 0.6 is 11.3 Å². The smallest absolute Gasteiger partial charge is 0.265 e. The summed E-state index contributed by atoms with van der Waals surface area (Å²) >= 11 is 1.61. The molecule has 0 radical (unpaired) electrons. The molecule has 7 nitrogen and oxygen atoms in total. The highest BCUT2D eigenvalue weighted by Gasteiger charge is 2.21. The Morgan fingerprint density at radius 1 is 0.909 bits per heavy atom. The topological polar surface area (TPSA) is 74.8 Å². The van der Waals surface area contributed by atoms with E-state index in [1.54, 1.807) is 29.3 Å². The Morgan fingerprint density at radius 2 is 1.70 bits per heavy atom. The number of methoxy groups -OCH3 is 1. The van der Waals surface area contributed by atoms with Gasteiger partial charge in [0.2, 0.25) is 0 Å². The van der Waals surface area contributed by atoms with Gasteiger partial charge < -0.3 is 9.30 Å². The van der Waals surface area contributed by atoms with Crippen LogP contribution in [0.4, 0.5) is 0 Å². The van der Waals surface area contributed by atoms with Crippen molar-refractivity contribution in [2.75, 3.05) is 7.11 Å². The Balaban J connectivity index is 1.64. The average Bonchev–Trinajstić information content (AvgIpc) is 3.46. The summed E-state index contributed by atoms with van der Waals surface area (Å²) < 4.78 is 9.15. The highest BCUT2D eigenvalue weighted by atomic mass is 32.1. The lowest BCUT2D eigenvalue weighted by molar-refractivity contribution is 0.409. The number of hydrogen-bond donors (Lipinski definition) is 0. The second-order valence-corrected chi connectivity index (χ2v) is 8.77. The summed E-state index contributed by atoms with van der Waals surface area (Å²) in [6, 6.07) is 19.5. The second kappa shape index (κ2) is 7.83. The van der Waals surface area contributed by atoms with Crippen LogP contribution in [0.25, 0.3) is 33.2 Å². The summed E-state index contributed by atoms with van der Waals surface area (Å²) in [6.07, 6.45) is 1.61. The van der Waals surface area contributed by atoms with Crippen LogP contribution in [0.1, 0.15) is 10.4 Å². The minimum Gasteiger partial charge on any atom is -0.496 e. The van der Waals surface area contributed by atoms with Crippen molar-refractivity contribution in [2.24, 2.45) is 0 Å². The molecule has 0 atom stereocenters. The van der Waals surface area contributed by atoms with Gasteiger partial charge in [-0.2, -0.15) is 0 Å². The molecule has 0 saturated heterocycles. The Hall–Kier alpha value is -4.04. The third-order valence-corrected chi connectivity index (χ3v) is 6.61. The van der Waals surface area contributed by atoms with Crippen LogP contribution in [0.3, 0.4) is 0 Å². The van der Waals surface area contributed by atoms with E-state index < -0.39 is 0 Å². The van der Waals surface area contributed by atoms with Crippen molar-refractivity contribution in [1.29, 1.82) is 0 Å². The van der Waals surface area contributed by atoms with Crippen LogP contribution in [0.2, 0.25) is 0 Å². The first-order valence-electron chi connectivity index (χ1n) is 10.5. The molecule has 4 aromatic heterocycles. The SMILES string of the molecule is COc1ccccc1Cn1c2nc3ccccc3nc2c2c(=O)n(Cc3cccs3)cnc21. The van der Waals surface area contributed by atoms with Crippen LogP contribution in [-0.2, 0) is 13.1 Å². The maximum Gasteiger partial charge on any atom is 0.265 e. The molecular weight excluding hydrogens is 434 g/mol. The fourth-order valence-electron chi connectivity index (χ4n) is 4.18. The lowest BCUT2D eigenvalue weighted by Gasteiger charge is -2.11. The molecule has 8 heteroatoms. The van der Waals surface area contributed by atoms with E-state index in [1.807, 2.05) is 70.6 Å². The number of para-hydroxylation sites is 3. The Morgan fingerprint density at radius 3 is 2.48 bits per heavy atom. The van der Waals surface area contributed by atoms with Gasteiger partial charge in [-0.1, -0.05) is 36.4 Å². The lowest BCUT2D eigenvalue weighted by atomic mass is 10.2. The van der Waals surface area contributed by atoms with Gasteiger partial charge in [-0.25, -0.2) is 15.0 Å². The van der Waals surface area contributed by atoms with Gasteiger partial charge in [0.1, 0.15) is 23.0 Å².